The summed E-state index contributed by atoms with van der Waals surface area (Å²) in [6.07, 6.45) is 0. The molecule has 0 aliphatic heterocycles. The van der Waals surface area contributed by atoms with Gasteiger partial charge in [-0.05, 0) is 37.6 Å². The van der Waals surface area contributed by atoms with E-state index in [1.54, 1.807) is 13.0 Å². The number of nitrogens with one attached hydrogen (secondary N) is 1. The fourth-order valence-corrected chi connectivity index (χ4v) is 2.95. The standard InChI is InChI=1S/C21H17N3O2/c1-13-7-6-10-16(11-13)22-20(25)17-12-18(15-8-4-3-5-9-15)23-21-19(17)14(2)24-26-21/h3-12H,1-2H3,(H,22,25). The number of benzene rings is 2. The van der Waals surface area contributed by atoms with Crippen molar-refractivity contribution in [2.45, 2.75) is 13.8 Å². The van der Waals surface area contributed by atoms with E-state index in [-0.39, 0.29) is 5.91 Å². The van der Waals surface area contributed by atoms with Crippen molar-refractivity contribution >= 4 is 22.7 Å². The summed E-state index contributed by atoms with van der Waals surface area (Å²) in [6.45, 7) is 3.79. The number of aromatic nitrogens is 2. The van der Waals surface area contributed by atoms with Crippen LogP contribution in [0, 0.1) is 13.8 Å². The van der Waals surface area contributed by atoms with Gasteiger partial charge in [0.2, 0.25) is 0 Å². The first kappa shape index (κ1) is 16.0. The van der Waals surface area contributed by atoms with Crippen molar-refractivity contribution in [3.05, 3.63) is 77.5 Å². The zero-order chi connectivity index (χ0) is 18.1. The molecule has 128 valence electrons. The van der Waals surface area contributed by atoms with E-state index in [0.29, 0.717) is 28.1 Å². The normalized spacial score (nSPS) is 10.8. The lowest BCUT2D eigenvalue weighted by atomic mass is 10.0. The van der Waals surface area contributed by atoms with Gasteiger partial charge in [0, 0.05) is 11.3 Å². The maximum atomic E-state index is 13.0. The second-order valence-electron chi connectivity index (χ2n) is 6.19. The third-order valence-corrected chi connectivity index (χ3v) is 4.21. The first-order valence-corrected chi connectivity index (χ1v) is 8.32. The third-order valence-electron chi connectivity index (χ3n) is 4.21. The van der Waals surface area contributed by atoms with Gasteiger partial charge < -0.3 is 9.84 Å². The fourth-order valence-electron chi connectivity index (χ4n) is 2.95. The second-order valence-corrected chi connectivity index (χ2v) is 6.19. The predicted octanol–water partition coefficient (Wildman–Crippen LogP) is 4.76. The Labute approximate surface area is 150 Å². The van der Waals surface area contributed by atoms with Gasteiger partial charge in [-0.2, -0.15) is 0 Å². The van der Waals surface area contributed by atoms with Crippen LogP contribution in [0.3, 0.4) is 0 Å². The molecule has 2 heterocycles. The largest absolute Gasteiger partial charge is 0.335 e. The summed E-state index contributed by atoms with van der Waals surface area (Å²) in [4.78, 5) is 17.5. The molecule has 4 aromatic rings. The van der Waals surface area contributed by atoms with Crippen LogP contribution in [-0.4, -0.2) is 16.0 Å². The highest BCUT2D eigenvalue weighted by atomic mass is 16.5. The maximum Gasteiger partial charge on any atom is 0.259 e. The van der Waals surface area contributed by atoms with Crippen LogP contribution in [0.25, 0.3) is 22.4 Å². The molecule has 0 unspecified atom stereocenters. The van der Waals surface area contributed by atoms with Gasteiger partial charge in [-0.25, -0.2) is 4.98 Å². The van der Waals surface area contributed by atoms with E-state index in [1.165, 1.54) is 0 Å². The first-order valence-electron chi connectivity index (χ1n) is 8.32. The lowest BCUT2D eigenvalue weighted by Crippen LogP contribution is -2.13. The summed E-state index contributed by atoms with van der Waals surface area (Å²) in [5.74, 6) is -0.216. The van der Waals surface area contributed by atoms with Crippen LogP contribution in [0.2, 0.25) is 0 Å². The predicted molar refractivity (Wildman–Crippen MR) is 101 cm³/mol. The SMILES string of the molecule is Cc1cccc(NC(=O)c2cc(-c3ccccc3)nc3onc(C)c23)c1. The zero-order valence-electron chi connectivity index (χ0n) is 14.5. The third kappa shape index (κ3) is 2.95. The summed E-state index contributed by atoms with van der Waals surface area (Å²) in [5.41, 5.74) is 4.90. The van der Waals surface area contributed by atoms with Crippen molar-refractivity contribution in [3.63, 3.8) is 0 Å². The maximum absolute atomic E-state index is 13.0. The molecule has 4 rings (SSSR count). The van der Waals surface area contributed by atoms with Crippen molar-refractivity contribution < 1.29 is 9.32 Å². The Hall–Kier alpha value is -3.47. The Bertz CT molecular complexity index is 1100. The van der Waals surface area contributed by atoms with Gasteiger partial charge in [0.25, 0.3) is 11.6 Å². The molecule has 0 radical (unpaired) electrons. The molecule has 26 heavy (non-hydrogen) atoms. The molecule has 0 aliphatic carbocycles. The fraction of sp³-hybridized carbons (Fsp3) is 0.0952. The van der Waals surface area contributed by atoms with E-state index in [1.807, 2.05) is 61.5 Å². The van der Waals surface area contributed by atoms with Gasteiger partial charge in [0.05, 0.1) is 22.3 Å². The van der Waals surface area contributed by atoms with Crippen LogP contribution in [0.15, 0.2) is 65.2 Å². The van der Waals surface area contributed by atoms with Crippen LogP contribution < -0.4 is 5.32 Å². The van der Waals surface area contributed by atoms with Crippen molar-refractivity contribution in [3.8, 4) is 11.3 Å². The lowest BCUT2D eigenvalue weighted by Gasteiger charge is -2.09. The van der Waals surface area contributed by atoms with E-state index < -0.39 is 0 Å². The van der Waals surface area contributed by atoms with Crippen LogP contribution >= 0.6 is 0 Å². The van der Waals surface area contributed by atoms with E-state index >= 15 is 0 Å². The summed E-state index contributed by atoms with van der Waals surface area (Å²) in [7, 11) is 0. The molecule has 0 aliphatic rings. The Balaban J connectivity index is 1.82. The number of nitrogens with zero attached hydrogens (tertiary/aromatic N) is 2. The summed E-state index contributed by atoms with van der Waals surface area (Å²) in [6, 6.07) is 19.2. The van der Waals surface area contributed by atoms with Gasteiger partial charge >= 0.3 is 0 Å². The molecular formula is C21H17N3O2. The van der Waals surface area contributed by atoms with Gasteiger partial charge in [0.1, 0.15) is 0 Å². The Morgan fingerprint density at radius 1 is 1.00 bits per heavy atom. The number of fused-ring (bicyclic) bond motifs is 1. The summed E-state index contributed by atoms with van der Waals surface area (Å²) in [5, 5.41) is 7.56. The number of carbonyl (C=O) groups excluding carboxylic acids is 1. The topological polar surface area (TPSA) is 68.0 Å². The average Bonchev–Trinajstić information content (AvgIpc) is 3.03. The molecule has 2 aromatic carbocycles. The Morgan fingerprint density at radius 3 is 2.58 bits per heavy atom. The summed E-state index contributed by atoms with van der Waals surface area (Å²) >= 11 is 0. The minimum absolute atomic E-state index is 0.216. The molecule has 5 heteroatoms. The molecule has 2 aromatic heterocycles. The quantitative estimate of drug-likeness (QED) is 0.582. The highest BCUT2D eigenvalue weighted by molar-refractivity contribution is 6.13. The Kier molecular flexibility index (Phi) is 3.97. The first-order chi connectivity index (χ1) is 12.6. The number of carbonyl (C=O) groups is 1. The minimum atomic E-state index is -0.216. The van der Waals surface area contributed by atoms with E-state index in [0.717, 1.165) is 16.8 Å². The smallest absolute Gasteiger partial charge is 0.259 e. The van der Waals surface area contributed by atoms with Crippen LogP contribution in [0.1, 0.15) is 21.6 Å². The monoisotopic (exact) mass is 343 g/mol. The lowest BCUT2D eigenvalue weighted by molar-refractivity contribution is 0.102. The number of pyridine rings is 1. The Morgan fingerprint density at radius 2 is 1.81 bits per heavy atom. The van der Waals surface area contributed by atoms with Crippen LogP contribution in [0.4, 0.5) is 5.69 Å². The van der Waals surface area contributed by atoms with Crippen LogP contribution in [0.5, 0.6) is 0 Å². The van der Waals surface area contributed by atoms with E-state index in [4.69, 9.17) is 4.52 Å². The minimum Gasteiger partial charge on any atom is -0.335 e. The van der Waals surface area contributed by atoms with Crippen molar-refractivity contribution in [1.29, 1.82) is 0 Å². The van der Waals surface area contributed by atoms with Crippen molar-refractivity contribution in [2.75, 3.05) is 5.32 Å². The van der Waals surface area contributed by atoms with E-state index in [9.17, 15) is 4.79 Å². The summed E-state index contributed by atoms with van der Waals surface area (Å²) < 4.78 is 5.33. The number of hydrogen-bond acceptors (Lipinski definition) is 4. The number of rotatable bonds is 3. The zero-order valence-corrected chi connectivity index (χ0v) is 14.5. The molecule has 0 spiro atoms. The molecular weight excluding hydrogens is 326 g/mol. The van der Waals surface area contributed by atoms with Gasteiger partial charge in [-0.1, -0.05) is 47.6 Å². The molecule has 0 saturated heterocycles. The molecule has 1 amide bonds. The van der Waals surface area contributed by atoms with Crippen molar-refractivity contribution in [1.82, 2.24) is 10.1 Å². The van der Waals surface area contributed by atoms with Gasteiger partial charge in [0.15, 0.2) is 0 Å². The number of amides is 1. The number of aryl methyl sites for hydroxylation is 2. The average molecular weight is 343 g/mol. The van der Waals surface area contributed by atoms with E-state index in [2.05, 4.69) is 15.5 Å². The number of anilines is 1. The van der Waals surface area contributed by atoms with Crippen molar-refractivity contribution in [2.24, 2.45) is 0 Å². The molecule has 0 fully saturated rings. The van der Waals surface area contributed by atoms with Gasteiger partial charge in [-0.15, -0.1) is 0 Å². The molecule has 0 bridgehead atoms. The highest BCUT2D eigenvalue weighted by Crippen LogP contribution is 2.27. The van der Waals surface area contributed by atoms with Crippen LogP contribution in [-0.2, 0) is 0 Å². The highest BCUT2D eigenvalue weighted by Gasteiger charge is 2.19. The molecule has 5 nitrogen and oxygen atoms in total. The number of hydrogen-bond donors (Lipinski definition) is 1. The second kappa shape index (κ2) is 6.44. The van der Waals surface area contributed by atoms with Gasteiger partial charge in [-0.3, -0.25) is 4.79 Å². The molecule has 0 saturated carbocycles. The molecule has 1 N–H and O–H groups in total. The molecule has 0 atom stereocenters.